The van der Waals surface area contributed by atoms with Gasteiger partial charge >= 0.3 is 6.09 Å². The van der Waals surface area contributed by atoms with E-state index < -0.39 is 47.7 Å². The van der Waals surface area contributed by atoms with Gasteiger partial charge in [0.15, 0.2) is 0 Å². The van der Waals surface area contributed by atoms with Gasteiger partial charge in [-0.25, -0.2) is 10.3 Å². The minimum Gasteiger partial charge on any atom is -0.450 e. The Kier molecular flexibility index (Phi) is 13.3. The first kappa shape index (κ1) is 31.3. The molecule has 0 bridgehead atoms. The van der Waals surface area contributed by atoms with E-state index in [-0.39, 0.29) is 31.3 Å². The van der Waals surface area contributed by atoms with Crippen LogP contribution in [-0.4, -0.2) is 91.4 Å². The van der Waals surface area contributed by atoms with Crippen LogP contribution in [0.2, 0.25) is 0 Å². The minimum atomic E-state index is -0.952. The summed E-state index contributed by atoms with van der Waals surface area (Å²) in [5.74, 6) is -3.62. The van der Waals surface area contributed by atoms with E-state index in [1.807, 2.05) is 13.8 Å². The van der Waals surface area contributed by atoms with Gasteiger partial charge in [-0.05, 0) is 51.4 Å². The summed E-state index contributed by atoms with van der Waals surface area (Å²) in [7, 11) is 0. The van der Waals surface area contributed by atoms with E-state index in [2.05, 4.69) is 16.0 Å². The molecule has 2 aliphatic rings. The van der Waals surface area contributed by atoms with Crippen LogP contribution < -0.4 is 21.4 Å². The molecule has 2 aliphatic heterocycles. The van der Waals surface area contributed by atoms with Crippen molar-refractivity contribution in [3.05, 3.63) is 0 Å². The summed E-state index contributed by atoms with van der Waals surface area (Å²) in [5, 5.41) is 17.5. The predicted octanol–water partition coefficient (Wildman–Crippen LogP) is 0.309. The van der Waals surface area contributed by atoms with Crippen LogP contribution >= 0.6 is 0 Å². The highest BCUT2D eigenvalue weighted by Crippen LogP contribution is 2.26. The van der Waals surface area contributed by atoms with Crippen molar-refractivity contribution in [2.45, 2.75) is 71.4 Å². The van der Waals surface area contributed by atoms with Crippen LogP contribution in [0.25, 0.3) is 0 Å². The van der Waals surface area contributed by atoms with Crippen molar-refractivity contribution >= 4 is 29.7 Å². The summed E-state index contributed by atoms with van der Waals surface area (Å²) in [6, 6.07) is -1.75. The smallest absolute Gasteiger partial charge is 0.407 e. The van der Waals surface area contributed by atoms with Gasteiger partial charge in [0.05, 0.1) is 25.7 Å². The lowest BCUT2D eigenvalue weighted by Gasteiger charge is -2.31. The van der Waals surface area contributed by atoms with Gasteiger partial charge in [0.25, 0.3) is 0 Å². The van der Waals surface area contributed by atoms with E-state index in [0.717, 1.165) is 0 Å². The zero-order valence-corrected chi connectivity index (χ0v) is 22.6. The monoisotopic (exact) mass is 541 g/mol. The Labute approximate surface area is 223 Å². The molecule has 0 aromatic carbocycles. The molecule has 5 N–H and O–H groups in total. The number of nitrogens with one attached hydrogen (secondary N) is 4. The summed E-state index contributed by atoms with van der Waals surface area (Å²) in [6.07, 6.45) is 1.55. The van der Waals surface area contributed by atoms with Crippen molar-refractivity contribution in [3.63, 3.8) is 0 Å². The third-order valence-corrected chi connectivity index (χ3v) is 6.76. The standard InChI is InChI=1S/C25H43N5O8/c1-16(2)15-19-18(22(32)29-36)7-6-12-38-25(35)26-9-5-4-8-20(28-21(19)31)23(33)27-17(3)24(34)30-10-13-37-14-11-30/h16-20,36H,4-15H2,1-3H3,(H,26,35)(H,27,33)(H,28,31)(H,29,32)/t17-,18-,19+,20-/m0/s1. The number of hydroxylamine groups is 1. The second kappa shape index (κ2) is 16.1. The maximum atomic E-state index is 13.5. The van der Waals surface area contributed by atoms with E-state index in [9.17, 15) is 29.2 Å². The normalized spacial score (nSPS) is 25.1. The van der Waals surface area contributed by atoms with Gasteiger partial charge in [-0.15, -0.1) is 0 Å². The SMILES string of the molecule is CC(C)C[C@H]1C(=O)N[C@H](C(=O)N[C@@H](C)C(=O)N2CCOCC2)CCCCNC(=O)OCCC[C@@H]1C(=O)NO. The van der Waals surface area contributed by atoms with Gasteiger partial charge in [-0.3, -0.25) is 24.4 Å². The van der Waals surface area contributed by atoms with Crippen molar-refractivity contribution in [2.75, 3.05) is 39.5 Å². The lowest BCUT2D eigenvalue weighted by Crippen LogP contribution is -2.56. The van der Waals surface area contributed by atoms with Crippen molar-refractivity contribution < 1.29 is 38.7 Å². The van der Waals surface area contributed by atoms with Gasteiger partial charge < -0.3 is 30.3 Å². The molecule has 13 nitrogen and oxygen atoms in total. The van der Waals surface area contributed by atoms with E-state index in [0.29, 0.717) is 58.5 Å². The second-order valence-electron chi connectivity index (χ2n) is 10.2. The maximum Gasteiger partial charge on any atom is 0.407 e. The molecule has 0 spiro atoms. The maximum absolute atomic E-state index is 13.5. The number of hydrogen-bond donors (Lipinski definition) is 5. The molecule has 216 valence electrons. The third-order valence-electron chi connectivity index (χ3n) is 6.76. The first-order valence-corrected chi connectivity index (χ1v) is 13.5. The van der Waals surface area contributed by atoms with Gasteiger partial charge in [-0.2, -0.15) is 0 Å². The fraction of sp³-hybridized carbons (Fsp3) is 0.800. The number of ether oxygens (including phenoxy) is 2. The molecule has 4 atom stereocenters. The Morgan fingerprint density at radius 2 is 1.74 bits per heavy atom. The minimum absolute atomic E-state index is 0.0438. The summed E-state index contributed by atoms with van der Waals surface area (Å²) in [5.41, 5.74) is 1.65. The summed E-state index contributed by atoms with van der Waals surface area (Å²) in [4.78, 5) is 65.7. The average Bonchev–Trinajstić information content (AvgIpc) is 2.90. The molecule has 13 heteroatoms. The Balaban J connectivity index is 2.22. The summed E-state index contributed by atoms with van der Waals surface area (Å²) < 4.78 is 10.4. The van der Waals surface area contributed by atoms with Crippen molar-refractivity contribution in [1.82, 2.24) is 26.3 Å². The van der Waals surface area contributed by atoms with Crippen LogP contribution in [0.3, 0.4) is 0 Å². The lowest BCUT2D eigenvalue weighted by atomic mass is 9.81. The van der Waals surface area contributed by atoms with Gasteiger partial charge in [0.2, 0.25) is 23.6 Å². The number of amides is 5. The number of morpholine rings is 1. The van der Waals surface area contributed by atoms with E-state index in [4.69, 9.17) is 9.47 Å². The average molecular weight is 542 g/mol. The van der Waals surface area contributed by atoms with Crippen molar-refractivity contribution in [1.29, 1.82) is 0 Å². The molecular formula is C25H43N5O8. The van der Waals surface area contributed by atoms with E-state index >= 15 is 0 Å². The Hall–Kier alpha value is -2.93. The van der Waals surface area contributed by atoms with Crippen molar-refractivity contribution in [3.8, 4) is 0 Å². The number of hydrogen-bond acceptors (Lipinski definition) is 8. The number of carbonyl (C=O) groups excluding carboxylic acids is 5. The molecule has 0 aromatic rings. The second-order valence-corrected chi connectivity index (χ2v) is 10.2. The quantitative estimate of drug-likeness (QED) is 0.236. The zero-order valence-electron chi connectivity index (χ0n) is 22.6. The van der Waals surface area contributed by atoms with Gasteiger partial charge in [-0.1, -0.05) is 13.8 Å². The predicted molar refractivity (Wildman–Crippen MR) is 136 cm³/mol. The molecule has 0 aliphatic carbocycles. The highest BCUT2D eigenvalue weighted by atomic mass is 16.5. The topological polar surface area (TPSA) is 175 Å². The molecule has 38 heavy (non-hydrogen) atoms. The van der Waals surface area contributed by atoms with Crippen LogP contribution in [0.5, 0.6) is 0 Å². The molecule has 2 heterocycles. The van der Waals surface area contributed by atoms with Gasteiger partial charge in [0.1, 0.15) is 12.1 Å². The highest BCUT2D eigenvalue weighted by molar-refractivity contribution is 5.93. The zero-order chi connectivity index (χ0) is 28.1. The summed E-state index contributed by atoms with van der Waals surface area (Å²) >= 11 is 0. The third kappa shape index (κ3) is 10.1. The van der Waals surface area contributed by atoms with Crippen LogP contribution in [0.1, 0.15) is 59.3 Å². The van der Waals surface area contributed by atoms with Crippen LogP contribution in [0.4, 0.5) is 4.79 Å². The molecule has 5 amide bonds. The molecular weight excluding hydrogens is 498 g/mol. The fourth-order valence-corrected chi connectivity index (χ4v) is 4.72. The summed E-state index contributed by atoms with van der Waals surface area (Å²) in [6.45, 7) is 7.57. The molecule has 2 rings (SSSR count). The largest absolute Gasteiger partial charge is 0.450 e. The molecule has 2 saturated heterocycles. The number of cyclic esters (lactones) is 1. The van der Waals surface area contributed by atoms with Crippen LogP contribution in [-0.2, 0) is 28.7 Å². The fourth-order valence-electron chi connectivity index (χ4n) is 4.72. The van der Waals surface area contributed by atoms with Crippen molar-refractivity contribution in [2.24, 2.45) is 17.8 Å². The van der Waals surface area contributed by atoms with Gasteiger partial charge in [0, 0.05) is 25.6 Å². The number of carbonyl (C=O) groups is 5. The molecule has 0 unspecified atom stereocenters. The van der Waals surface area contributed by atoms with E-state index in [1.165, 1.54) is 0 Å². The first-order chi connectivity index (χ1) is 18.1. The Bertz CT molecular complexity index is 818. The Morgan fingerprint density at radius 3 is 2.39 bits per heavy atom. The van der Waals surface area contributed by atoms with E-state index in [1.54, 1.807) is 17.3 Å². The number of nitrogens with zero attached hydrogens (tertiary/aromatic N) is 1. The molecule has 0 aromatic heterocycles. The lowest BCUT2D eigenvalue weighted by molar-refractivity contribution is -0.143. The molecule has 0 saturated carbocycles. The Morgan fingerprint density at radius 1 is 1.03 bits per heavy atom. The first-order valence-electron chi connectivity index (χ1n) is 13.5. The molecule has 0 radical (unpaired) electrons. The van der Waals surface area contributed by atoms with Crippen LogP contribution in [0, 0.1) is 17.8 Å². The molecule has 2 fully saturated rings. The number of rotatable bonds is 6. The van der Waals surface area contributed by atoms with Crippen LogP contribution in [0.15, 0.2) is 0 Å². The highest BCUT2D eigenvalue weighted by Gasteiger charge is 2.36. The number of alkyl carbamates (subject to hydrolysis) is 1.